The molecule has 2 aromatic carbocycles. The number of nitrogens with one attached hydrogen (secondary N) is 1. The molecule has 2 aromatic rings. The summed E-state index contributed by atoms with van der Waals surface area (Å²) in [7, 11) is 0. The highest BCUT2D eigenvalue weighted by molar-refractivity contribution is 9.10. The van der Waals surface area contributed by atoms with Gasteiger partial charge in [-0.15, -0.1) is 0 Å². The molecule has 0 radical (unpaired) electrons. The standard InChI is InChI=1S/C16H9BrFNO2/c17-11-8-4-7-10-12(16(21)19-14(10)11)13(18)15(20)9-5-2-1-3-6-9/h1-8H,(H,19,21)/b13-12+. The molecule has 0 saturated carbocycles. The number of para-hydroxylation sites is 1. The molecule has 104 valence electrons. The SMILES string of the molecule is O=C1Nc2c(Br)cccc2/C1=C(\F)C(=O)c1ccccc1. The lowest BCUT2D eigenvalue weighted by molar-refractivity contribution is -0.110. The van der Waals surface area contributed by atoms with Crippen LogP contribution in [0.15, 0.2) is 58.8 Å². The number of hydrogen-bond acceptors (Lipinski definition) is 2. The Labute approximate surface area is 128 Å². The van der Waals surface area contributed by atoms with Crippen LogP contribution in [0.5, 0.6) is 0 Å². The van der Waals surface area contributed by atoms with Gasteiger partial charge >= 0.3 is 0 Å². The van der Waals surface area contributed by atoms with Gasteiger partial charge < -0.3 is 5.32 Å². The zero-order valence-corrected chi connectivity index (χ0v) is 12.3. The van der Waals surface area contributed by atoms with E-state index in [1.807, 2.05) is 0 Å². The third-order valence-electron chi connectivity index (χ3n) is 3.20. The minimum atomic E-state index is -1.05. The van der Waals surface area contributed by atoms with Gasteiger partial charge in [0.05, 0.1) is 11.3 Å². The van der Waals surface area contributed by atoms with E-state index in [1.54, 1.807) is 36.4 Å². The van der Waals surface area contributed by atoms with Crippen molar-refractivity contribution in [2.24, 2.45) is 0 Å². The van der Waals surface area contributed by atoms with Crippen molar-refractivity contribution in [2.45, 2.75) is 0 Å². The molecule has 1 N–H and O–H groups in total. The number of fused-ring (bicyclic) bond motifs is 1. The van der Waals surface area contributed by atoms with E-state index < -0.39 is 17.5 Å². The summed E-state index contributed by atoms with van der Waals surface area (Å²) in [6.07, 6.45) is 0. The fraction of sp³-hybridized carbons (Fsp3) is 0. The number of rotatable bonds is 2. The van der Waals surface area contributed by atoms with Crippen LogP contribution in [0.2, 0.25) is 0 Å². The van der Waals surface area contributed by atoms with Crippen molar-refractivity contribution in [3.63, 3.8) is 0 Å². The largest absolute Gasteiger partial charge is 0.320 e. The molecule has 0 aromatic heterocycles. The first kappa shape index (κ1) is 13.7. The predicted octanol–water partition coefficient (Wildman–Crippen LogP) is 3.96. The Balaban J connectivity index is 2.13. The predicted molar refractivity (Wildman–Crippen MR) is 81.6 cm³/mol. The van der Waals surface area contributed by atoms with E-state index in [2.05, 4.69) is 21.2 Å². The van der Waals surface area contributed by atoms with Crippen LogP contribution < -0.4 is 5.32 Å². The van der Waals surface area contributed by atoms with Gasteiger partial charge in [0.1, 0.15) is 0 Å². The first-order valence-electron chi connectivity index (χ1n) is 6.19. The van der Waals surface area contributed by atoms with E-state index >= 15 is 0 Å². The molecule has 1 aliphatic heterocycles. The first-order chi connectivity index (χ1) is 10.1. The second-order valence-electron chi connectivity index (χ2n) is 4.50. The highest BCUT2D eigenvalue weighted by Gasteiger charge is 2.32. The number of ketones is 1. The number of Topliss-reactive ketones (excluding diaryl/α,β-unsaturated/α-hetero) is 1. The fourth-order valence-corrected chi connectivity index (χ4v) is 2.67. The number of anilines is 1. The van der Waals surface area contributed by atoms with Crippen molar-refractivity contribution in [3.8, 4) is 0 Å². The van der Waals surface area contributed by atoms with Crippen molar-refractivity contribution < 1.29 is 14.0 Å². The van der Waals surface area contributed by atoms with Crippen LogP contribution in [0.3, 0.4) is 0 Å². The van der Waals surface area contributed by atoms with Gasteiger partial charge in [-0.2, -0.15) is 0 Å². The van der Waals surface area contributed by atoms with E-state index in [9.17, 15) is 14.0 Å². The molecular weight excluding hydrogens is 337 g/mol. The quantitative estimate of drug-likeness (QED) is 0.661. The smallest absolute Gasteiger partial charge is 0.259 e. The molecule has 0 spiro atoms. The van der Waals surface area contributed by atoms with Crippen LogP contribution in [0, 0.1) is 0 Å². The van der Waals surface area contributed by atoms with Gasteiger partial charge in [-0.25, -0.2) is 4.39 Å². The van der Waals surface area contributed by atoms with Crippen LogP contribution in [-0.4, -0.2) is 11.7 Å². The van der Waals surface area contributed by atoms with E-state index in [-0.39, 0.29) is 11.1 Å². The second-order valence-corrected chi connectivity index (χ2v) is 5.35. The van der Waals surface area contributed by atoms with Crippen molar-refractivity contribution in [1.29, 1.82) is 0 Å². The molecule has 3 nitrogen and oxygen atoms in total. The molecule has 0 saturated heterocycles. The van der Waals surface area contributed by atoms with Crippen molar-refractivity contribution >= 4 is 38.9 Å². The van der Waals surface area contributed by atoms with Gasteiger partial charge in [-0.3, -0.25) is 9.59 Å². The average Bonchev–Trinajstić information content (AvgIpc) is 2.84. The molecule has 1 amide bonds. The molecular formula is C16H9BrFNO2. The summed E-state index contributed by atoms with van der Waals surface area (Å²) in [5.41, 5.74) is 0.851. The van der Waals surface area contributed by atoms with Crippen LogP contribution in [0.25, 0.3) is 5.57 Å². The second kappa shape index (κ2) is 5.26. The summed E-state index contributed by atoms with van der Waals surface area (Å²) < 4.78 is 15.1. The van der Waals surface area contributed by atoms with Crippen LogP contribution in [0.1, 0.15) is 15.9 Å². The Morgan fingerprint density at radius 1 is 1.05 bits per heavy atom. The Bertz CT molecular complexity index is 784. The Kier molecular flexibility index (Phi) is 3.43. The van der Waals surface area contributed by atoms with Gasteiger partial charge in [0.2, 0.25) is 5.78 Å². The molecule has 0 unspecified atom stereocenters. The summed E-state index contributed by atoms with van der Waals surface area (Å²) in [5, 5.41) is 2.57. The monoisotopic (exact) mass is 345 g/mol. The molecule has 3 rings (SSSR count). The topological polar surface area (TPSA) is 46.2 Å². The zero-order valence-electron chi connectivity index (χ0n) is 10.7. The Hall–Kier alpha value is -2.27. The normalized spacial score (nSPS) is 15.4. The van der Waals surface area contributed by atoms with Crippen LogP contribution in [-0.2, 0) is 4.79 Å². The minimum Gasteiger partial charge on any atom is -0.320 e. The number of halogens is 2. The van der Waals surface area contributed by atoms with E-state index in [1.165, 1.54) is 12.1 Å². The summed E-state index contributed by atoms with van der Waals surface area (Å²) >= 11 is 3.29. The van der Waals surface area contributed by atoms with Crippen LogP contribution >= 0.6 is 15.9 Å². The summed E-state index contributed by atoms with van der Waals surface area (Å²) in [6, 6.07) is 13.1. The lowest BCUT2D eigenvalue weighted by Gasteiger charge is -2.02. The number of carbonyl (C=O) groups is 2. The average molecular weight is 346 g/mol. The summed E-state index contributed by atoms with van der Waals surface area (Å²) in [4.78, 5) is 24.1. The Morgan fingerprint density at radius 2 is 1.76 bits per heavy atom. The van der Waals surface area contributed by atoms with Crippen molar-refractivity contribution in [3.05, 3.63) is 70.0 Å². The number of benzene rings is 2. The van der Waals surface area contributed by atoms with E-state index in [0.717, 1.165) is 0 Å². The molecule has 0 atom stereocenters. The third-order valence-corrected chi connectivity index (χ3v) is 3.86. The minimum absolute atomic E-state index is 0.207. The van der Waals surface area contributed by atoms with Gasteiger partial charge in [0.25, 0.3) is 5.91 Å². The fourth-order valence-electron chi connectivity index (χ4n) is 2.21. The lowest BCUT2D eigenvalue weighted by Crippen LogP contribution is -2.09. The number of hydrogen-bond donors (Lipinski definition) is 1. The molecule has 0 aliphatic carbocycles. The van der Waals surface area contributed by atoms with Crippen molar-refractivity contribution in [1.82, 2.24) is 0 Å². The third kappa shape index (κ3) is 2.29. The maximum atomic E-state index is 14.5. The van der Waals surface area contributed by atoms with E-state index in [0.29, 0.717) is 15.7 Å². The maximum Gasteiger partial charge on any atom is 0.259 e. The van der Waals surface area contributed by atoms with E-state index in [4.69, 9.17) is 0 Å². The highest BCUT2D eigenvalue weighted by Crippen LogP contribution is 2.39. The lowest BCUT2D eigenvalue weighted by atomic mass is 10.0. The number of allylic oxidation sites excluding steroid dienone is 1. The molecule has 1 heterocycles. The van der Waals surface area contributed by atoms with Gasteiger partial charge in [-0.05, 0) is 22.0 Å². The molecule has 5 heteroatoms. The first-order valence-corrected chi connectivity index (χ1v) is 6.98. The van der Waals surface area contributed by atoms with Gasteiger partial charge in [0.15, 0.2) is 5.83 Å². The maximum absolute atomic E-state index is 14.5. The van der Waals surface area contributed by atoms with Crippen LogP contribution in [0.4, 0.5) is 10.1 Å². The van der Waals surface area contributed by atoms with Crippen molar-refractivity contribution in [2.75, 3.05) is 5.32 Å². The Morgan fingerprint density at radius 3 is 2.48 bits per heavy atom. The summed E-state index contributed by atoms with van der Waals surface area (Å²) in [5.74, 6) is -2.46. The van der Waals surface area contributed by atoms with Gasteiger partial charge in [-0.1, -0.05) is 42.5 Å². The molecule has 1 aliphatic rings. The van der Waals surface area contributed by atoms with Gasteiger partial charge in [0, 0.05) is 15.6 Å². The highest BCUT2D eigenvalue weighted by atomic mass is 79.9. The molecule has 21 heavy (non-hydrogen) atoms. The molecule has 0 bridgehead atoms. The summed E-state index contributed by atoms with van der Waals surface area (Å²) in [6.45, 7) is 0. The number of carbonyl (C=O) groups excluding carboxylic acids is 2. The zero-order chi connectivity index (χ0) is 15.0. The molecule has 0 fully saturated rings. The number of amides is 1.